The summed E-state index contributed by atoms with van der Waals surface area (Å²) < 4.78 is 86.0. The second-order valence-corrected chi connectivity index (χ2v) is 8.59. The van der Waals surface area contributed by atoms with Gasteiger partial charge in [0.25, 0.3) is 0 Å². The van der Waals surface area contributed by atoms with Gasteiger partial charge in [0.05, 0.1) is 12.7 Å². The lowest BCUT2D eigenvalue weighted by Gasteiger charge is -2.38. The monoisotopic (exact) mass is 459 g/mol. The van der Waals surface area contributed by atoms with E-state index in [1.165, 1.54) is 13.2 Å². The predicted octanol–water partition coefficient (Wildman–Crippen LogP) is 6.40. The Morgan fingerprint density at radius 1 is 0.906 bits per heavy atom. The fourth-order valence-electron chi connectivity index (χ4n) is 3.92. The lowest BCUT2D eigenvalue weighted by atomic mass is 9.73. The quantitative estimate of drug-likeness (QED) is 0.419. The summed E-state index contributed by atoms with van der Waals surface area (Å²) in [5.74, 6) is 0.474. The van der Waals surface area contributed by atoms with Crippen molar-refractivity contribution in [2.45, 2.75) is 50.1 Å². The summed E-state index contributed by atoms with van der Waals surface area (Å²) in [6.45, 7) is 3.17. The molecule has 1 unspecified atom stereocenters. The van der Waals surface area contributed by atoms with Crippen molar-refractivity contribution in [1.29, 1.82) is 0 Å². The van der Waals surface area contributed by atoms with Crippen molar-refractivity contribution in [1.82, 2.24) is 4.98 Å². The Labute approximate surface area is 181 Å². The molecule has 2 aromatic carbocycles. The lowest BCUT2D eigenvalue weighted by molar-refractivity contribution is -0.266. The molecule has 2 N–H and O–H groups in total. The van der Waals surface area contributed by atoms with E-state index in [1.54, 1.807) is 38.1 Å². The summed E-state index contributed by atoms with van der Waals surface area (Å²) in [5, 5.41) is 10.9. The third kappa shape index (κ3) is 4.87. The summed E-state index contributed by atoms with van der Waals surface area (Å²) in [7, 11) is 1.44. The Kier molecular flexibility index (Phi) is 6.01. The Bertz CT molecular complexity index is 1100. The maximum Gasteiger partial charge on any atom is 0.417 e. The van der Waals surface area contributed by atoms with Gasteiger partial charge in [-0.25, -0.2) is 0 Å². The third-order valence-corrected chi connectivity index (χ3v) is 5.60. The van der Waals surface area contributed by atoms with Gasteiger partial charge in [-0.1, -0.05) is 26.0 Å². The Morgan fingerprint density at radius 2 is 1.59 bits per heavy atom. The summed E-state index contributed by atoms with van der Waals surface area (Å²) in [4.78, 5) is 2.70. The fourth-order valence-corrected chi connectivity index (χ4v) is 3.92. The highest BCUT2D eigenvalue weighted by molar-refractivity contribution is 5.81. The van der Waals surface area contributed by atoms with Crippen molar-refractivity contribution >= 4 is 10.9 Å². The molecule has 0 aliphatic heterocycles. The van der Waals surface area contributed by atoms with Crippen LogP contribution in [-0.4, -0.2) is 29.0 Å². The molecule has 0 amide bonds. The molecule has 1 atom stereocenters. The number of aromatic amines is 1. The van der Waals surface area contributed by atoms with Crippen LogP contribution in [0.3, 0.4) is 0 Å². The van der Waals surface area contributed by atoms with Gasteiger partial charge < -0.3 is 14.8 Å². The highest BCUT2D eigenvalue weighted by Crippen LogP contribution is 2.43. The van der Waals surface area contributed by atoms with Crippen LogP contribution < -0.4 is 4.74 Å². The van der Waals surface area contributed by atoms with E-state index >= 15 is 0 Å². The molecule has 0 spiro atoms. The van der Waals surface area contributed by atoms with Crippen molar-refractivity contribution < 1.29 is 36.2 Å². The molecule has 3 nitrogen and oxygen atoms in total. The molecule has 1 heterocycles. The number of hydrogen-bond donors (Lipinski definition) is 2. The van der Waals surface area contributed by atoms with Gasteiger partial charge in [0, 0.05) is 23.0 Å². The molecule has 9 heteroatoms. The first-order chi connectivity index (χ1) is 14.6. The average Bonchev–Trinajstić information content (AvgIpc) is 3.07. The van der Waals surface area contributed by atoms with E-state index in [4.69, 9.17) is 4.74 Å². The summed E-state index contributed by atoms with van der Waals surface area (Å²) in [6, 6.07) is 10.7. The van der Waals surface area contributed by atoms with E-state index in [1.807, 2.05) is 0 Å². The van der Waals surface area contributed by atoms with Gasteiger partial charge in [0.15, 0.2) is 5.60 Å². The highest BCUT2D eigenvalue weighted by atomic mass is 19.4. The van der Waals surface area contributed by atoms with Crippen LogP contribution in [0.1, 0.15) is 37.1 Å². The number of methoxy groups -OCH3 is 1. The maximum atomic E-state index is 14.0. The van der Waals surface area contributed by atoms with Gasteiger partial charge in [0.2, 0.25) is 0 Å². The second-order valence-electron chi connectivity index (χ2n) is 8.59. The molecular formula is C23H23F6NO2. The molecule has 0 saturated carbocycles. The number of nitrogens with one attached hydrogen (secondary N) is 1. The highest BCUT2D eigenvalue weighted by Gasteiger charge is 2.56. The molecule has 0 saturated heterocycles. The van der Waals surface area contributed by atoms with Crippen LogP contribution in [0.25, 0.3) is 10.9 Å². The van der Waals surface area contributed by atoms with Crippen LogP contribution in [-0.2, 0) is 18.0 Å². The van der Waals surface area contributed by atoms with Crippen molar-refractivity contribution in [2.24, 2.45) is 0 Å². The summed E-state index contributed by atoms with van der Waals surface area (Å²) in [5.41, 5.74) is -4.32. The zero-order chi connectivity index (χ0) is 23.9. The van der Waals surface area contributed by atoms with Crippen LogP contribution >= 0.6 is 0 Å². The predicted molar refractivity (Wildman–Crippen MR) is 109 cm³/mol. The number of hydrogen-bond acceptors (Lipinski definition) is 2. The first kappa shape index (κ1) is 24.0. The van der Waals surface area contributed by atoms with Gasteiger partial charge >= 0.3 is 12.4 Å². The van der Waals surface area contributed by atoms with Crippen LogP contribution in [0.5, 0.6) is 5.75 Å². The van der Waals surface area contributed by atoms with E-state index < -0.39 is 41.8 Å². The second kappa shape index (κ2) is 8.03. The first-order valence-electron chi connectivity index (χ1n) is 9.77. The minimum Gasteiger partial charge on any atom is -0.497 e. The standard InChI is InChI=1S/C23H23F6NO2/c1-20(2,15-5-4-6-18(11-15)32-3)13-21(31,23(27,28)29)12-17-10-14-9-16(22(24,25)26)7-8-19(14)30-17/h4-11,30-31H,12-13H2,1-3H3. The third-order valence-electron chi connectivity index (χ3n) is 5.60. The van der Waals surface area contributed by atoms with E-state index in [0.29, 0.717) is 11.3 Å². The van der Waals surface area contributed by atoms with E-state index in [9.17, 15) is 31.4 Å². The van der Waals surface area contributed by atoms with Gasteiger partial charge in [-0.2, -0.15) is 26.3 Å². The minimum atomic E-state index is -4.97. The van der Waals surface area contributed by atoms with E-state index in [0.717, 1.165) is 18.2 Å². The molecule has 3 aromatic rings. The SMILES string of the molecule is COc1cccc(C(C)(C)CC(O)(Cc2cc3cc(C(F)(F)F)ccc3[nH]2)C(F)(F)F)c1. The molecule has 3 rings (SSSR count). The normalized spacial score (nSPS) is 15.1. The van der Waals surface area contributed by atoms with Crippen molar-refractivity contribution in [3.8, 4) is 5.75 Å². The number of alkyl halides is 6. The van der Waals surface area contributed by atoms with Crippen LogP contribution in [0, 0.1) is 0 Å². The Morgan fingerprint density at radius 3 is 2.19 bits per heavy atom. The zero-order valence-corrected chi connectivity index (χ0v) is 17.7. The topological polar surface area (TPSA) is 45.2 Å². The summed E-state index contributed by atoms with van der Waals surface area (Å²) >= 11 is 0. The largest absolute Gasteiger partial charge is 0.497 e. The molecule has 0 bridgehead atoms. The fraction of sp³-hybridized carbons (Fsp3) is 0.391. The molecule has 0 aliphatic rings. The van der Waals surface area contributed by atoms with Crippen molar-refractivity contribution in [3.63, 3.8) is 0 Å². The average molecular weight is 459 g/mol. The van der Waals surface area contributed by atoms with Crippen molar-refractivity contribution in [2.75, 3.05) is 7.11 Å². The smallest absolute Gasteiger partial charge is 0.417 e. The Hall–Kier alpha value is -2.68. The number of benzene rings is 2. The minimum absolute atomic E-state index is 0.0133. The Balaban J connectivity index is 1.95. The van der Waals surface area contributed by atoms with E-state index in [2.05, 4.69) is 4.98 Å². The molecule has 0 aliphatic carbocycles. The number of halogens is 6. The number of aliphatic hydroxyl groups is 1. The van der Waals surface area contributed by atoms with Gasteiger partial charge in [-0.15, -0.1) is 0 Å². The number of aromatic nitrogens is 1. The molecule has 174 valence electrons. The first-order valence-corrected chi connectivity index (χ1v) is 9.77. The van der Waals surface area contributed by atoms with Gasteiger partial charge in [-0.05, 0) is 53.8 Å². The van der Waals surface area contributed by atoms with E-state index in [-0.39, 0.29) is 16.6 Å². The van der Waals surface area contributed by atoms with Gasteiger partial charge in [0.1, 0.15) is 5.75 Å². The van der Waals surface area contributed by atoms with Crippen molar-refractivity contribution in [3.05, 3.63) is 65.4 Å². The molecular weight excluding hydrogens is 436 g/mol. The number of H-pyrrole nitrogens is 1. The van der Waals surface area contributed by atoms with Crippen LogP contribution in [0.2, 0.25) is 0 Å². The zero-order valence-electron chi connectivity index (χ0n) is 17.7. The molecule has 0 fully saturated rings. The number of rotatable bonds is 6. The van der Waals surface area contributed by atoms with Crippen LogP contribution in [0.15, 0.2) is 48.5 Å². The summed E-state index contributed by atoms with van der Waals surface area (Å²) in [6.07, 6.45) is -11.0. The molecule has 32 heavy (non-hydrogen) atoms. The lowest BCUT2D eigenvalue weighted by Crippen LogP contribution is -2.50. The molecule has 1 aromatic heterocycles. The maximum absolute atomic E-state index is 14.0. The number of ether oxygens (including phenoxy) is 1. The van der Waals surface area contributed by atoms with Gasteiger partial charge in [-0.3, -0.25) is 0 Å². The molecule has 0 radical (unpaired) electrons. The van der Waals surface area contributed by atoms with Crippen LogP contribution in [0.4, 0.5) is 26.3 Å². The number of fused-ring (bicyclic) bond motifs is 1.